The standard InChI is InChI=1S/C26H28N2O4S/c1-5-32-22-13-11-21(12-14-22)27(4)33(30,31)23-15-10-18(2)24(17-23)26(29)28-19(3)16-20-8-6-7-9-25(20)28/h6-15,17,19H,5,16H2,1-4H3. The van der Waals surface area contributed by atoms with Crippen molar-refractivity contribution in [2.75, 3.05) is 22.9 Å². The Bertz CT molecular complexity index is 1290. The molecule has 1 aliphatic rings. The Balaban J connectivity index is 1.67. The second-order valence-electron chi connectivity index (χ2n) is 8.23. The van der Waals surface area contributed by atoms with Gasteiger partial charge in [0.1, 0.15) is 5.75 Å². The second kappa shape index (κ2) is 8.90. The topological polar surface area (TPSA) is 66.9 Å². The van der Waals surface area contributed by atoms with Crippen LogP contribution in [0.5, 0.6) is 5.75 Å². The smallest absolute Gasteiger partial charge is 0.264 e. The maximum atomic E-state index is 13.6. The van der Waals surface area contributed by atoms with E-state index in [9.17, 15) is 13.2 Å². The van der Waals surface area contributed by atoms with Crippen molar-refractivity contribution in [2.45, 2.75) is 38.1 Å². The Morgan fingerprint density at radius 2 is 1.79 bits per heavy atom. The zero-order valence-electron chi connectivity index (χ0n) is 19.3. The number of anilines is 2. The molecular weight excluding hydrogens is 436 g/mol. The molecule has 1 unspecified atom stereocenters. The van der Waals surface area contributed by atoms with Crippen molar-refractivity contribution in [2.24, 2.45) is 0 Å². The first-order valence-corrected chi connectivity index (χ1v) is 12.4. The number of aryl methyl sites for hydroxylation is 1. The summed E-state index contributed by atoms with van der Waals surface area (Å²) >= 11 is 0. The third-order valence-corrected chi connectivity index (χ3v) is 7.82. The van der Waals surface area contributed by atoms with Crippen LogP contribution in [-0.4, -0.2) is 34.0 Å². The minimum Gasteiger partial charge on any atom is -0.494 e. The summed E-state index contributed by atoms with van der Waals surface area (Å²) in [4.78, 5) is 15.4. The number of ether oxygens (including phenoxy) is 1. The van der Waals surface area contributed by atoms with E-state index in [0.717, 1.165) is 23.2 Å². The summed E-state index contributed by atoms with van der Waals surface area (Å²) in [6.45, 7) is 6.26. The van der Waals surface area contributed by atoms with Gasteiger partial charge in [0.2, 0.25) is 0 Å². The van der Waals surface area contributed by atoms with Gasteiger partial charge >= 0.3 is 0 Å². The first-order valence-electron chi connectivity index (χ1n) is 11.0. The fourth-order valence-electron chi connectivity index (χ4n) is 4.21. The number of hydrogen-bond donors (Lipinski definition) is 0. The molecule has 7 heteroatoms. The molecule has 0 spiro atoms. The van der Waals surface area contributed by atoms with Gasteiger partial charge in [-0.3, -0.25) is 9.10 Å². The quantitative estimate of drug-likeness (QED) is 0.525. The Morgan fingerprint density at radius 1 is 1.09 bits per heavy atom. The fraction of sp³-hybridized carbons (Fsp3) is 0.269. The number of carbonyl (C=O) groups is 1. The molecule has 1 atom stereocenters. The van der Waals surface area contributed by atoms with E-state index < -0.39 is 10.0 Å². The Labute approximate surface area is 195 Å². The average molecular weight is 465 g/mol. The lowest BCUT2D eigenvalue weighted by Gasteiger charge is -2.25. The number of benzene rings is 3. The van der Waals surface area contributed by atoms with Crippen LogP contribution in [0.4, 0.5) is 11.4 Å². The Morgan fingerprint density at radius 3 is 2.48 bits per heavy atom. The molecule has 33 heavy (non-hydrogen) atoms. The number of carbonyl (C=O) groups excluding carboxylic acids is 1. The van der Waals surface area contributed by atoms with E-state index in [2.05, 4.69) is 0 Å². The van der Waals surface area contributed by atoms with Crippen molar-refractivity contribution in [3.05, 3.63) is 83.4 Å². The lowest BCUT2D eigenvalue weighted by molar-refractivity contribution is 0.0980. The van der Waals surface area contributed by atoms with Gasteiger partial charge in [-0.25, -0.2) is 8.42 Å². The molecule has 4 rings (SSSR count). The zero-order chi connectivity index (χ0) is 23.8. The number of para-hydroxylation sites is 1. The summed E-state index contributed by atoms with van der Waals surface area (Å²) in [7, 11) is -2.36. The van der Waals surface area contributed by atoms with Crippen LogP contribution in [0.3, 0.4) is 0 Å². The van der Waals surface area contributed by atoms with Crippen LogP contribution >= 0.6 is 0 Å². The minimum atomic E-state index is -3.87. The summed E-state index contributed by atoms with van der Waals surface area (Å²) in [5.41, 5.74) is 3.64. The largest absolute Gasteiger partial charge is 0.494 e. The van der Waals surface area contributed by atoms with Gasteiger partial charge in [-0.1, -0.05) is 24.3 Å². The highest BCUT2D eigenvalue weighted by Gasteiger charge is 2.33. The van der Waals surface area contributed by atoms with Crippen molar-refractivity contribution < 1.29 is 17.9 Å². The van der Waals surface area contributed by atoms with Gasteiger partial charge in [0.05, 0.1) is 17.2 Å². The SMILES string of the molecule is CCOc1ccc(N(C)S(=O)(=O)c2ccc(C)c(C(=O)N3c4ccccc4CC3C)c2)cc1. The maximum absolute atomic E-state index is 13.6. The fourth-order valence-corrected chi connectivity index (χ4v) is 5.43. The summed E-state index contributed by atoms with van der Waals surface area (Å²) in [6, 6.07) is 19.5. The van der Waals surface area contributed by atoms with Gasteiger partial charge in [-0.2, -0.15) is 0 Å². The molecule has 6 nitrogen and oxygen atoms in total. The van der Waals surface area contributed by atoms with Crippen LogP contribution in [0.15, 0.2) is 71.6 Å². The van der Waals surface area contributed by atoms with Gasteiger partial charge in [0.25, 0.3) is 15.9 Å². The van der Waals surface area contributed by atoms with Crippen LogP contribution in [-0.2, 0) is 16.4 Å². The average Bonchev–Trinajstić information content (AvgIpc) is 3.14. The molecule has 0 radical (unpaired) electrons. The van der Waals surface area contributed by atoms with E-state index >= 15 is 0 Å². The molecule has 0 saturated heterocycles. The van der Waals surface area contributed by atoms with Crippen LogP contribution in [0, 0.1) is 6.92 Å². The number of nitrogens with zero attached hydrogens (tertiary/aromatic N) is 2. The number of hydrogen-bond acceptors (Lipinski definition) is 4. The number of fused-ring (bicyclic) bond motifs is 1. The number of rotatable bonds is 6. The van der Waals surface area contributed by atoms with Gasteiger partial charge < -0.3 is 9.64 Å². The first kappa shape index (κ1) is 22.9. The number of sulfonamides is 1. The molecule has 0 aromatic heterocycles. The third-order valence-electron chi connectivity index (χ3n) is 6.04. The predicted molar refractivity (Wildman–Crippen MR) is 131 cm³/mol. The van der Waals surface area contributed by atoms with E-state index in [1.165, 1.54) is 17.4 Å². The first-order chi connectivity index (χ1) is 15.7. The van der Waals surface area contributed by atoms with Crippen LogP contribution in [0.2, 0.25) is 0 Å². The van der Waals surface area contributed by atoms with Gasteiger partial charge in [0.15, 0.2) is 0 Å². The minimum absolute atomic E-state index is 0.00101. The predicted octanol–water partition coefficient (Wildman–Crippen LogP) is 4.81. The van der Waals surface area contributed by atoms with Crippen molar-refractivity contribution in [1.29, 1.82) is 0 Å². The van der Waals surface area contributed by atoms with Gasteiger partial charge in [-0.05, 0) is 80.8 Å². The van der Waals surface area contributed by atoms with E-state index in [1.807, 2.05) is 45.0 Å². The second-order valence-corrected chi connectivity index (χ2v) is 10.2. The molecular formula is C26H28N2O4S. The van der Waals surface area contributed by atoms with Crippen LogP contribution in [0.25, 0.3) is 0 Å². The van der Waals surface area contributed by atoms with E-state index in [0.29, 0.717) is 23.6 Å². The Kier molecular flexibility index (Phi) is 6.17. The summed E-state index contributed by atoms with van der Waals surface area (Å²) < 4.78 is 33.4. The monoisotopic (exact) mass is 464 g/mol. The molecule has 1 aliphatic heterocycles. The molecule has 1 heterocycles. The zero-order valence-corrected chi connectivity index (χ0v) is 20.1. The van der Waals surface area contributed by atoms with Crippen molar-refractivity contribution >= 4 is 27.3 Å². The molecule has 0 aliphatic carbocycles. The van der Waals surface area contributed by atoms with Crippen LogP contribution < -0.4 is 13.9 Å². The van der Waals surface area contributed by atoms with Gasteiger partial charge in [-0.15, -0.1) is 0 Å². The van der Waals surface area contributed by atoms with Crippen LogP contribution in [0.1, 0.15) is 35.3 Å². The van der Waals surface area contributed by atoms with Crippen molar-refractivity contribution in [3.63, 3.8) is 0 Å². The van der Waals surface area contributed by atoms with E-state index in [1.54, 1.807) is 41.3 Å². The summed E-state index contributed by atoms with van der Waals surface area (Å²) in [5, 5.41) is 0. The molecule has 0 bridgehead atoms. The normalized spacial score (nSPS) is 15.3. The molecule has 1 amide bonds. The molecule has 3 aromatic carbocycles. The summed E-state index contributed by atoms with van der Waals surface area (Å²) in [5.74, 6) is 0.487. The third kappa shape index (κ3) is 4.20. The highest BCUT2D eigenvalue weighted by molar-refractivity contribution is 7.92. The lowest BCUT2D eigenvalue weighted by atomic mass is 10.1. The van der Waals surface area contributed by atoms with Crippen molar-refractivity contribution in [1.82, 2.24) is 0 Å². The van der Waals surface area contributed by atoms with E-state index in [4.69, 9.17) is 4.74 Å². The highest BCUT2D eigenvalue weighted by Crippen LogP contribution is 2.34. The molecule has 0 N–H and O–H groups in total. The lowest BCUT2D eigenvalue weighted by Crippen LogP contribution is -2.36. The van der Waals surface area contributed by atoms with Gasteiger partial charge in [0, 0.05) is 24.3 Å². The molecule has 3 aromatic rings. The molecule has 0 saturated carbocycles. The molecule has 172 valence electrons. The maximum Gasteiger partial charge on any atom is 0.264 e. The molecule has 0 fully saturated rings. The summed E-state index contributed by atoms with van der Waals surface area (Å²) in [6.07, 6.45) is 0.777. The van der Waals surface area contributed by atoms with Crippen molar-refractivity contribution in [3.8, 4) is 5.75 Å². The Hall–Kier alpha value is -3.32. The van der Waals surface area contributed by atoms with E-state index in [-0.39, 0.29) is 16.8 Å². The highest BCUT2D eigenvalue weighted by atomic mass is 32.2. The number of amides is 1.